The van der Waals surface area contributed by atoms with Gasteiger partial charge in [-0.05, 0) is 23.8 Å². The number of hydrogen-bond acceptors (Lipinski definition) is 0. The summed E-state index contributed by atoms with van der Waals surface area (Å²) >= 11 is 0. The van der Waals surface area contributed by atoms with Crippen molar-refractivity contribution >= 4 is 16.4 Å². The fourth-order valence-electron chi connectivity index (χ4n) is 0.937. The lowest BCUT2D eigenvalue weighted by Crippen LogP contribution is -1.86. The lowest BCUT2D eigenvalue weighted by atomic mass is 10.2. The van der Waals surface area contributed by atoms with Gasteiger partial charge in [0.1, 0.15) is 0 Å². The van der Waals surface area contributed by atoms with Crippen LogP contribution in [0.25, 0.3) is 0 Å². The molecule has 1 heterocycles. The van der Waals surface area contributed by atoms with Gasteiger partial charge in [0, 0.05) is 0 Å². The largest absolute Gasteiger partial charge is 0.193 e. The number of hydrogen-bond donors (Lipinski definition) is 0. The summed E-state index contributed by atoms with van der Waals surface area (Å²) in [5.74, 6) is 7.77. The summed E-state index contributed by atoms with van der Waals surface area (Å²) in [6.45, 7) is 2.32. The van der Waals surface area contributed by atoms with Crippen molar-refractivity contribution in [2.75, 3.05) is 11.5 Å². The van der Waals surface area contributed by atoms with Crippen molar-refractivity contribution in [2.45, 2.75) is 13.3 Å². The summed E-state index contributed by atoms with van der Waals surface area (Å²) in [5, 5.41) is 0. The molecular weight excluding hydrogens is 104 g/mol. The van der Waals surface area contributed by atoms with Crippen LogP contribution >= 0.6 is 10.5 Å². The monoisotopic (exact) mass is 116 g/mol. The van der Waals surface area contributed by atoms with E-state index < -0.39 is 0 Å². The van der Waals surface area contributed by atoms with Gasteiger partial charge in [-0.15, -0.1) is 0 Å². The first-order chi connectivity index (χ1) is 3.29. The quantitative estimate of drug-likeness (QED) is 0.423. The van der Waals surface area contributed by atoms with Gasteiger partial charge in [0.05, 0.1) is 0 Å². The first-order valence-corrected chi connectivity index (χ1v) is 4.49. The van der Waals surface area contributed by atoms with E-state index in [4.69, 9.17) is 0 Å². The fraction of sp³-hybridized carbons (Fsp3) is 0.833. The zero-order valence-electron chi connectivity index (χ0n) is 4.81. The van der Waals surface area contributed by atoms with Crippen molar-refractivity contribution in [1.82, 2.24) is 0 Å². The Morgan fingerprint density at radius 1 is 1.71 bits per heavy atom. The van der Waals surface area contributed by atoms with Gasteiger partial charge in [-0.1, -0.05) is 12.8 Å². The standard InChI is InChI=1S/C6H12S/c1-6-3-4-7(2)5-6/h6H,2-5H2,1H3. The molecule has 0 spiro atoms. The maximum atomic E-state index is 4.02. The van der Waals surface area contributed by atoms with Gasteiger partial charge in [0.2, 0.25) is 0 Å². The van der Waals surface area contributed by atoms with Crippen LogP contribution in [-0.2, 0) is 0 Å². The van der Waals surface area contributed by atoms with Crippen LogP contribution in [0.5, 0.6) is 0 Å². The Kier molecular flexibility index (Phi) is 1.53. The summed E-state index contributed by atoms with van der Waals surface area (Å²) in [7, 11) is 0.547. The van der Waals surface area contributed by atoms with Crippen molar-refractivity contribution in [3.8, 4) is 0 Å². The Balaban J connectivity index is 2.40. The first-order valence-electron chi connectivity index (χ1n) is 2.76. The molecule has 0 aromatic carbocycles. The average molecular weight is 116 g/mol. The molecule has 0 radical (unpaired) electrons. The molecule has 1 aliphatic rings. The average Bonchev–Trinajstić information content (AvgIpc) is 1.87. The second kappa shape index (κ2) is 1.99. The van der Waals surface area contributed by atoms with E-state index in [1.165, 1.54) is 17.9 Å². The van der Waals surface area contributed by atoms with Crippen LogP contribution in [0.3, 0.4) is 0 Å². The highest BCUT2D eigenvalue weighted by Crippen LogP contribution is 2.27. The van der Waals surface area contributed by atoms with E-state index in [1.807, 2.05) is 0 Å². The molecule has 7 heavy (non-hydrogen) atoms. The summed E-state index contributed by atoms with van der Waals surface area (Å²) < 4.78 is 0. The van der Waals surface area contributed by atoms with Gasteiger partial charge < -0.3 is 0 Å². The van der Waals surface area contributed by atoms with E-state index >= 15 is 0 Å². The molecule has 2 atom stereocenters. The summed E-state index contributed by atoms with van der Waals surface area (Å²) in [5.41, 5.74) is 0. The van der Waals surface area contributed by atoms with Crippen molar-refractivity contribution in [2.24, 2.45) is 5.92 Å². The van der Waals surface area contributed by atoms with Crippen LogP contribution < -0.4 is 0 Å². The third kappa shape index (κ3) is 1.30. The molecule has 0 aromatic heterocycles. The summed E-state index contributed by atoms with van der Waals surface area (Å²) in [6, 6.07) is 0. The van der Waals surface area contributed by atoms with Gasteiger partial charge in [-0.2, -0.15) is 10.5 Å². The second-order valence-corrected chi connectivity index (χ2v) is 4.34. The Hall–Kier alpha value is 0.220. The molecule has 0 aliphatic carbocycles. The van der Waals surface area contributed by atoms with E-state index in [0.29, 0.717) is 10.5 Å². The molecule has 0 bridgehead atoms. The first kappa shape index (κ1) is 5.36. The molecule has 0 aromatic rings. The van der Waals surface area contributed by atoms with Crippen LogP contribution in [0.4, 0.5) is 0 Å². The maximum absolute atomic E-state index is 4.02. The Morgan fingerprint density at radius 2 is 2.43 bits per heavy atom. The van der Waals surface area contributed by atoms with Crippen molar-refractivity contribution in [3.63, 3.8) is 0 Å². The molecule has 1 aliphatic heterocycles. The van der Waals surface area contributed by atoms with Crippen LogP contribution in [-0.4, -0.2) is 17.4 Å². The van der Waals surface area contributed by atoms with Crippen molar-refractivity contribution in [3.05, 3.63) is 0 Å². The molecule has 1 fully saturated rings. The topological polar surface area (TPSA) is 0 Å². The van der Waals surface area contributed by atoms with Crippen LogP contribution in [0.2, 0.25) is 0 Å². The van der Waals surface area contributed by atoms with Gasteiger partial charge >= 0.3 is 0 Å². The molecule has 42 valence electrons. The minimum atomic E-state index is 0.547. The predicted molar refractivity (Wildman–Crippen MR) is 38.2 cm³/mol. The molecule has 1 saturated heterocycles. The lowest BCUT2D eigenvalue weighted by molar-refractivity contribution is 0.669. The normalized spacial score (nSPS) is 41.9. The Morgan fingerprint density at radius 3 is 2.57 bits per heavy atom. The number of rotatable bonds is 0. The van der Waals surface area contributed by atoms with Gasteiger partial charge in [0.15, 0.2) is 0 Å². The fourth-order valence-corrected chi connectivity index (χ4v) is 2.81. The predicted octanol–water partition coefficient (Wildman–Crippen LogP) is 1.73. The molecular formula is C6H12S. The van der Waals surface area contributed by atoms with Gasteiger partial charge in [-0.25, -0.2) is 0 Å². The van der Waals surface area contributed by atoms with Gasteiger partial charge in [0.25, 0.3) is 0 Å². The smallest absolute Gasteiger partial charge is 0.00966 e. The Bertz CT molecular complexity index is 86.2. The maximum Gasteiger partial charge on any atom is -0.00966 e. The van der Waals surface area contributed by atoms with Gasteiger partial charge in [-0.3, -0.25) is 0 Å². The van der Waals surface area contributed by atoms with Crippen LogP contribution in [0.1, 0.15) is 13.3 Å². The minimum absolute atomic E-state index is 0.547. The van der Waals surface area contributed by atoms with E-state index in [-0.39, 0.29) is 0 Å². The second-order valence-electron chi connectivity index (χ2n) is 2.38. The molecule has 0 N–H and O–H groups in total. The highest BCUT2D eigenvalue weighted by Gasteiger charge is 2.10. The molecule has 0 nitrogen and oxygen atoms in total. The molecule has 1 heteroatoms. The third-order valence-electron chi connectivity index (χ3n) is 1.42. The molecule has 0 amide bonds. The summed E-state index contributed by atoms with van der Waals surface area (Å²) in [4.78, 5) is 0. The third-order valence-corrected chi connectivity index (χ3v) is 3.27. The highest BCUT2D eigenvalue weighted by atomic mass is 32.2. The summed E-state index contributed by atoms with van der Waals surface area (Å²) in [6.07, 6.45) is 1.42. The lowest BCUT2D eigenvalue weighted by Gasteiger charge is -1.92. The zero-order chi connectivity index (χ0) is 5.28. The zero-order valence-corrected chi connectivity index (χ0v) is 5.63. The van der Waals surface area contributed by atoms with E-state index in [2.05, 4.69) is 12.8 Å². The van der Waals surface area contributed by atoms with E-state index in [0.717, 1.165) is 5.92 Å². The van der Waals surface area contributed by atoms with E-state index in [1.54, 1.807) is 0 Å². The van der Waals surface area contributed by atoms with E-state index in [9.17, 15) is 0 Å². The molecule has 0 saturated carbocycles. The molecule has 1 rings (SSSR count). The molecule has 2 unspecified atom stereocenters. The highest BCUT2D eigenvalue weighted by molar-refractivity contribution is 8.14. The van der Waals surface area contributed by atoms with Crippen LogP contribution in [0, 0.1) is 5.92 Å². The SMILES string of the molecule is C=S1CCC(C)C1. The minimum Gasteiger partial charge on any atom is -0.193 e. The Labute approximate surface area is 47.9 Å². The van der Waals surface area contributed by atoms with Crippen molar-refractivity contribution < 1.29 is 0 Å². The van der Waals surface area contributed by atoms with Crippen molar-refractivity contribution in [1.29, 1.82) is 0 Å². The van der Waals surface area contributed by atoms with Crippen LogP contribution in [0.15, 0.2) is 0 Å².